The van der Waals surface area contributed by atoms with Gasteiger partial charge in [0, 0.05) is 13.1 Å². The molecule has 1 aromatic carbocycles. The molecule has 0 saturated carbocycles. The Balaban J connectivity index is 2.25. The van der Waals surface area contributed by atoms with E-state index < -0.39 is 12.1 Å². The average molecular weight is 237 g/mol. The highest BCUT2D eigenvalue weighted by Gasteiger charge is 2.09. The Hall–Kier alpha value is -1.39. The fourth-order valence-corrected chi connectivity index (χ4v) is 1.55. The molecule has 0 aliphatic carbocycles. The fraction of sp³-hybridized carbons (Fsp3) is 0.462. The second kappa shape index (κ2) is 7.04. The molecule has 4 heteroatoms. The van der Waals surface area contributed by atoms with E-state index in [-0.39, 0.29) is 6.42 Å². The van der Waals surface area contributed by atoms with Crippen LogP contribution in [0.5, 0.6) is 0 Å². The van der Waals surface area contributed by atoms with Crippen LogP contribution in [0, 0.1) is 6.92 Å². The Morgan fingerprint density at radius 1 is 1.53 bits per heavy atom. The van der Waals surface area contributed by atoms with Crippen LogP contribution in [0.4, 0.5) is 0 Å². The lowest BCUT2D eigenvalue weighted by molar-refractivity contribution is -0.142. The van der Waals surface area contributed by atoms with Crippen molar-refractivity contribution in [1.82, 2.24) is 5.32 Å². The van der Waals surface area contributed by atoms with Crippen molar-refractivity contribution in [2.75, 3.05) is 13.7 Å². The summed E-state index contributed by atoms with van der Waals surface area (Å²) in [6.07, 6.45) is -0.676. The number of carbonyl (C=O) groups excluding carboxylic acids is 1. The molecular formula is C13H19NO3. The zero-order valence-electron chi connectivity index (χ0n) is 10.3. The number of aryl methyl sites for hydroxylation is 1. The van der Waals surface area contributed by atoms with Gasteiger partial charge in [-0.1, -0.05) is 29.8 Å². The van der Waals surface area contributed by atoms with Crippen molar-refractivity contribution in [2.24, 2.45) is 0 Å². The quantitative estimate of drug-likeness (QED) is 0.725. The van der Waals surface area contributed by atoms with Crippen LogP contribution in [0.15, 0.2) is 24.3 Å². The molecule has 1 rings (SSSR count). The Bertz CT molecular complexity index is 365. The van der Waals surface area contributed by atoms with Crippen molar-refractivity contribution < 1.29 is 14.6 Å². The van der Waals surface area contributed by atoms with Crippen LogP contribution in [0.2, 0.25) is 0 Å². The molecule has 0 bridgehead atoms. The highest BCUT2D eigenvalue weighted by atomic mass is 16.5. The molecule has 0 aliphatic rings. The lowest BCUT2D eigenvalue weighted by atomic mass is 10.1. The standard InChI is InChI=1S/C13H19NO3/c1-10-4-3-5-11(6-10)8-14-9-12(15)7-13(16)17-2/h3-6,12,14-15H,7-9H2,1-2H3. The third-order valence-corrected chi connectivity index (χ3v) is 2.42. The van der Waals surface area contributed by atoms with E-state index in [1.165, 1.54) is 12.7 Å². The van der Waals surface area contributed by atoms with Gasteiger partial charge in [0.2, 0.25) is 0 Å². The monoisotopic (exact) mass is 237 g/mol. The van der Waals surface area contributed by atoms with Crippen LogP contribution in [0.25, 0.3) is 0 Å². The third kappa shape index (κ3) is 5.47. The van der Waals surface area contributed by atoms with Crippen LogP contribution in [-0.2, 0) is 16.1 Å². The zero-order chi connectivity index (χ0) is 12.7. The summed E-state index contributed by atoms with van der Waals surface area (Å²) < 4.78 is 4.47. The van der Waals surface area contributed by atoms with E-state index in [0.717, 1.165) is 5.56 Å². The number of benzene rings is 1. The summed E-state index contributed by atoms with van der Waals surface area (Å²) in [5, 5.41) is 12.6. The molecule has 2 N–H and O–H groups in total. The average Bonchev–Trinajstić information content (AvgIpc) is 2.29. The maximum absolute atomic E-state index is 10.9. The van der Waals surface area contributed by atoms with Crippen molar-refractivity contribution in [3.8, 4) is 0 Å². The van der Waals surface area contributed by atoms with E-state index in [2.05, 4.69) is 16.1 Å². The molecule has 0 radical (unpaired) electrons. The van der Waals surface area contributed by atoms with Gasteiger partial charge in [-0.25, -0.2) is 0 Å². The second-order valence-electron chi connectivity index (χ2n) is 4.05. The summed E-state index contributed by atoms with van der Waals surface area (Å²) in [4.78, 5) is 10.9. The third-order valence-electron chi connectivity index (χ3n) is 2.42. The van der Waals surface area contributed by atoms with Crippen LogP contribution < -0.4 is 5.32 Å². The minimum absolute atomic E-state index is 0.0251. The van der Waals surface area contributed by atoms with Gasteiger partial charge in [0.15, 0.2) is 0 Å². The molecule has 0 heterocycles. The highest BCUT2D eigenvalue weighted by molar-refractivity contribution is 5.69. The van der Waals surface area contributed by atoms with E-state index in [1.807, 2.05) is 25.1 Å². The number of aliphatic hydroxyl groups excluding tert-OH is 1. The molecule has 0 amide bonds. The van der Waals surface area contributed by atoms with E-state index in [4.69, 9.17) is 0 Å². The van der Waals surface area contributed by atoms with Crippen LogP contribution in [-0.4, -0.2) is 30.8 Å². The van der Waals surface area contributed by atoms with E-state index >= 15 is 0 Å². The summed E-state index contributed by atoms with van der Waals surface area (Å²) in [5.74, 6) is -0.394. The maximum atomic E-state index is 10.9. The fourth-order valence-electron chi connectivity index (χ4n) is 1.55. The molecule has 0 spiro atoms. The van der Waals surface area contributed by atoms with Gasteiger partial charge in [-0.05, 0) is 12.5 Å². The molecule has 17 heavy (non-hydrogen) atoms. The second-order valence-corrected chi connectivity index (χ2v) is 4.05. The van der Waals surface area contributed by atoms with Gasteiger partial charge in [0.1, 0.15) is 0 Å². The molecule has 0 saturated heterocycles. The molecule has 0 fully saturated rings. The van der Waals surface area contributed by atoms with Gasteiger partial charge in [-0.3, -0.25) is 4.79 Å². The van der Waals surface area contributed by atoms with Gasteiger partial charge in [0.25, 0.3) is 0 Å². The predicted octanol–water partition coefficient (Wildman–Crippen LogP) is 1.01. The zero-order valence-corrected chi connectivity index (χ0v) is 10.3. The largest absolute Gasteiger partial charge is 0.469 e. The summed E-state index contributed by atoms with van der Waals surface area (Å²) in [5.41, 5.74) is 2.37. The molecule has 94 valence electrons. The van der Waals surface area contributed by atoms with Crippen molar-refractivity contribution in [2.45, 2.75) is 26.0 Å². The lowest BCUT2D eigenvalue weighted by Crippen LogP contribution is -2.28. The van der Waals surface area contributed by atoms with Gasteiger partial charge in [-0.2, -0.15) is 0 Å². The molecule has 1 aromatic rings. The van der Waals surface area contributed by atoms with Gasteiger partial charge < -0.3 is 15.2 Å². The minimum Gasteiger partial charge on any atom is -0.469 e. The normalized spacial score (nSPS) is 12.2. The van der Waals surface area contributed by atoms with E-state index in [1.54, 1.807) is 0 Å². The Labute approximate surface area is 102 Å². The predicted molar refractivity (Wildman–Crippen MR) is 65.5 cm³/mol. The number of methoxy groups -OCH3 is 1. The van der Waals surface area contributed by atoms with Crippen molar-refractivity contribution in [1.29, 1.82) is 0 Å². The van der Waals surface area contributed by atoms with Crippen molar-refractivity contribution in [3.63, 3.8) is 0 Å². The Morgan fingerprint density at radius 3 is 2.94 bits per heavy atom. The van der Waals surface area contributed by atoms with Crippen LogP contribution >= 0.6 is 0 Å². The smallest absolute Gasteiger partial charge is 0.308 e. The van der Waals surface area contributed by atoms with Gasteiger partial charge in [-0.15, -0.1) is 0 Å². The number of aliphatic hydroxyl groups is 1. The summed E-state index contributed by atoms with van der Waals surface area (Å²) in [6, 6.07) is 8.14. The first kappa shape index (κ1) is 13.7. The minimum atomic E-state index is -0.702. The van der Waals surface area contributed by atoms with E-state index in [0.29, 0.717) is 13.1 Å². The number of hydrogen-bond acceptors (Lipinski definition) is 4. The first-order valence-electron chi connectivity index (χ1n) is 5.63. The first-order chi connectivity index (χ1) is 8.11. The number of hydrogen-bond donors (Lipinski definition) is 2. The summed E-state index contributed by atoms with van der Waals surface area (Å²) >= 11 is 0. The van der Waals surface area contributed by atoms with E-state index in [9.17, 15) is 9.90 Å². The number of carbonyl (C=O) groups is 1. The SMILES string of the molecule is COC(=O)CC(O)CNCc1cccc(C)c1. The number of esters is 1. The molecule has 4 nitrogen and oxygen atoms in total. The van der Waals surface area contributed by atoms with Crippen LogP contribution in [0.1, 0.15) is 17.5 Å². The highest BCUT2D eigenvalue weighted by Crippen LogP contribution is 2.03. The van der Waals surface area contributed by atoms with Gasteiger partial charge >= 0.3 is 5.97 Å². The topological polar surface area (TPSA) is 58.6 Å². The van der Waals surface area contributed by atoms with Crippen LogP contribution in [0.3, 0.4) is 0 Å². The molecule has 1 unspecified atom stereocenters. The van der Waals surface area contributed by atoms with Gasteiger partial charge in [0.05, 0.1) is 19.6 Å². The number of ether oxygens (including phenoxy) is 1. The lowest BCUT2D eigenvalue weighted by Gasteiger charge is -2.10. The number of nitrogens with one attached hydrogen (secondary N) is 1. The summed E-state index contributed by atoms with van der Waals surface area (Å²) in [7, 11) is 1.31. The summed E-state index contributed by atoms with van der Waals surface area (Å²) in [6.45, 7) is 3.10. The Morgan fingerprint density at radius 2 is 2.29 bits per heavy atom. The number of rotatable bonds is 6. The van der Waals surface area contributed by atoms with Crippen molar-refractivity contribution in [3.05, 3.63) is 35.4 Å². The first-order valence-corrected chi connectivity index (χ1v) is 5.63. The Kier molecular flexibility index (Phi) is 5.66. The molecule has 0 aliphatic heterocycles. The molecular weight excluding hydrogens is 218 g/mol. The van der Waals surface area contributed by atoms with Crippen molar-refractivity contribution >= 4 is 5.97 Å². The molecule has 0 aromatic heterocycles. The molecule has 1 atom stereocenters. The maximum Gasteiger partial charge on any atom is 0.308 e.